The van der Waals surface area contributed by atoms with Crippen LogP contribution in [-0.2, 0) is 10.2 Å². The molecule has 0 fully saturated rings. The maximum Gasteiger partial charge on any atom is 0.140 e. The van der Waals surface area contributed by atoms with E-state index in [9.17, 15) is 4.79 Å². The van der Waals surface area contributed by atoms with E-state index < -0.39 is 5.41 Å². The Morgan fingerprint density at radius 3 is 2.12 bits per heavy atom. The molecule has 0 aliphatic heterocycles. The molecule has 0 amide bonds. The first kappa shape index (κ1) is 16.1. The summed E-state index contributed by atoms with van der Waals surface area (Å²) in [6.45, 7) is 8.02. The van der Waals surface area contributed by atoms with E-state index in [4.69, 9.17) is 17.3 Å². The Morgan fingerprint density at radius 1 is 1.29 bits per heavy atom. The lowest BCUT2D eigenvalue weighted by atomic mass is 9.76. The topological polar surface area (TPSA) is 43.1 Å². The molecule has 1 rings (SSSR count). The summed E-state index contributed by atoms with van der Waals surface area (Å²) < 4.78 is 0. The minimum absolute atomic E-state index is 0.135. The minimum Gasteiger partial charge on any atom is -0.330 e. The van der Waals surface area contributed by atoms with Gasteiger partial charge in [0.15, 0.2) is 0 Å². The molecule has 1 unspecified atom stereocenters. The second kappa shape index (κ2) is 7.46. The molecule has 0 saturated heterocycles. The zero-order chi connectivity index (χ0) is 13.5. The number of ketones is 1. The van der Waals surface area contributed by atoms with Crippen molar-refractivity contribution < 1.29 is 4.79 Å². The number of benzene rings is 1. The fraction of sp³-hybridized carbons (Fsp3) is 0.500. The zero-order valence-corrected chi connectivity index (χ0v) is 11.8. The Bertz CT molecular complexity index is 348. The van der Waals surface area contributed by atoms with Gasteiger partial charge in [-0.2, -0.15) is 0 Å². The Hall–Kier alpha value is -0.860. The van der Waals surface area contributed by atoms with Gasteiger partial charge in [-0.05, 0) is 44.5 Å². The van der Waals surface area contributed by atoms with Gasteiger partial charge in [0.2, 0.25) is 0 Å². The van der Waals surface area contributed by atoms with E-state index in [0.717, 1.165) is 5.56 Å². The summed E-state index contributed by atoms with van der Waals surface area (Å²) in [5.74, 6) is 0.135. The number of carbonyl (C=O) groups excluding carboxylic acids is 1. The molecular formula is C14H22ClNO. The number of Topliss-reactive ketones (excluding diaryl/α,β-unsaturated/α-hetero) is 1. The summed E-state index contributed by atoms with van der Waals surface area (Å²) in [6, 6.07) is 7.38. The van der Waals surface area contributed by atoms with Crippen LogP contribution in [0.3, 0.4) is 0 Å². The fourth-order valence-electron chi connectivity index (χ4n) is 1.63. The minimum atomic E-state index is -0.487. The highest BCUT2D eigenvalue weighted by atomic mass is 35.5. The second-order valence-electron chi connectivity index (χ2n) is 3.93. The van der Waals surface area contributed by atoms with Crippen molar-refractivity contribution in [3.63, 3.8) is 0 Å². The molecule has 96 valence electrons. The van der Waals surface area contributed by atoms with Crippen molar-refractivity contribution in [3.05, 3.63) is 34.9 Å². The van der Waals surface area contributed by atoms with Gasteiger partial charge in [-0.15, -0.1) is 0 Å². The number of halogens is 1. The van der Waals surface area contributed by atoms with E-state index in [1.54, 1.807) is 19.1 Å². The molecule has 3 heteroatoms. The molecule has 1 atom stereocenters. The van der Waals surface area contributed by atoms with Crippen molar-refractivity contribution in [2.75, 3.05) is 6.54 Å². The highest BCUT2D eigenvalue weighted by Crippen LogP contribution is 2.29. The second-order valence-corrected chi connectivity index (χ2v) is 4.37. The lowest BCUT2D eigenvalue weighted by molar-refractivity contribution is -0.122. The van der Waals surface area contributed by atoms with Gasteiger partial charge in [-0.3, -0.25) is 4.79 Å². The van der Waals surface area contributed by atoms with Crippen molar-refractivity contribution in [3.8, 4) is 0 Å². The van der Waals surface area contributed by atoms with Crippen LogP contribution >= 0.6 is 11.6 Å². The normalized spacial score (nSPS) is 13.3. The van der Waals surface area contributed by atoms with Crippen LogP contribution in [0, 0.1) is 0 Å². The van der Waals surface area contributed by atoms with Gasteiger partial charge in [0.1, 0.15) is 5.78 Å². The van der Waals surface area contributed by atoms with Crippen LogP contribution in [0.4, 0.5) is 0 Å². The highest BCUT2D eigenvalue weighted by Gasteiger charge is 2.30. The van der Waals surface area contributed by atoms with Crippen LogP contribution in [0.2, 0.25) is 5.02 Å². The van der Waals surface area contributed by atoms with Crippen LogP contribution in [-0.4, -0.2) is 12.3 Å². The Morgan fingerprint density at radius 2 is 1.76 bits per heavy atom. The first-order chi connectivity index (χ1) is 8.00. The van der Waals surface area contributed by atoms with Gasteiger partial charge in [0, 0.05) is 5.02 Å². The van der Waals surface area contributed by atoms with Gasteiger partial charge < -0.3 is 5.73 Å². The highest BCUT2D eigenvalue weighted by molar-refractivity contribution is 6.30. The predicted octanol–water partition coefficient (Wildman–Crippen LogP) is 3.56. The van der Waals surface area contributed by atoms with Crippen molar-refractivity contribution in [1.29, 1.82) is 0 Å². The van der Waals surface area contributed by atoms with Gasteiger partial charge in [-0.25, -0.2) is 0 Å². The fourth-order valence-corrected chi connectivity index (χ4v) is 1.76. The molecule has 0 aliphatic carbocycles. The van der Waals surface area contributed by atoms with Crippen LogP contribution in [0.1, 0.15) is 39.7 Å². The Labute approximate surface area is 109 Å². The van der Waals surface area contributed by atoms with E-state index in [1.165, 1.54) is 0 Å². The zero-order valence-electron chi connectivity index (χ0n) is 11.1. The smallest absolute Gasteiger partial charge is 0.140 e. The molecule has 2 N–H and O–H groups in total. The van der Waals surface area contributed by atoms with E-state index in [1.807, 2.05) is 32.9 Å². The quantitative estimate of drug-likeness (QED) is 0.894. The molecule has 0 bridgehead atoms. The Balaban J connectivity index is 0.00000121. The Kier molecular flexibility index (Phi) is 7.09. The molecule has 1 aromatic rings. The monoisotopic (exact) mass is 255 g/mol. The third kappa shape index (κ3) is 4.14. The van der Waals surface area contributed by atoms with Gasteiger partial charge >= 0.3 is 0 Å². The van der Waals surface area contributed by atoms with Crippen LogP contribution in [0.5, 0.6) is 0 Å². The maximum atomic E-state index is 11.7. The lowest BCUT2D eigenvalue weighted by Gasteiger charge is -2.26. The van der Waals surface area contributed by atoms with E-state index in [0.29, 0.717) is 18.0 Å². The summed E-state index contributed by atoms with van der Waals surface area (Å²) in [4.78, 5) is 11.7. The summed E-state index contributed by atoms with van der Waals surface area (Å²) in [7, 11) is 0. The number of hydrogen-bond donors (Lipinski definition) is 1. The summed E-state index contributed by atoms with van der Waals surface area (Å²) >= 11 is 5.81. The van der Waals surface area contributed by atoms with Gasteiger partial charge in [-0.1, -0.05) is 37.6 Å². The summed E-state index contributed by atoms with van der Waals surface area (Å²) in [5.41, 5.74) is 6.03. The number of carbonyl (C=O) groups is 1. The standard InChI is InChI=1S/C12H16ClNO.C2H6/c1-9(15)12(2,7-8-14)10-3-5-11(13)6-4-10;1-2/h3-6H,7-8,14H2,1-2H3;1-2H3. The largest absolute Gasteiger partial charge is 0.330 e. The van der Waals surface area contributed by atoms with Gasteiger partial charge in [0.05, 0.1) is 5.41 Å². The molecule has 0 aliphatic rings. The van der Waals surface area contributed by atoms with E-state index in [2.05, 4.69) is 0 Å². The maximum absolute atomic E-state index is 11.7. The molecule has 0 heterocycles. The molecule has 0 radical (unpaired) electrons. The molecule has 1 aromatic carbocycles. The van der Waals surface area contributed by atoms with Crippen LogP contribution in [0.25, 0.3) is 0 Å². The first-order valence-corrected chi connectivity index (χ1v) is 6.35. The van der Waals surface area contributed by atoms with Crippen LogP contribution in [0.15, 0.2) is 24.3 Å². The third-order valence-electron chi connectivity index (χ3n) is 2.90. The molecule has 17 heavy (non-hydrogen) atoms. The summed E-state index contributed by atoms with van der Waals surface area (Å²) in [6.07, 6.45) is 0.657. The number of nitrogens with two attached hydrogens (primary N) is 1. The molecular weight excluding hydrogens is 234 g/mol. The van der Waals surface area contributed by atoms with Crippen molar-refractivity contribution >= 4 is 17.4 Å². The predicted molar refractivity (Wildman–Crippen MR) is 74.5 cm³/mol. The molecule has 0 spiro atoms. The molecule has 2 nitrogen and oxygen atoms in total. The van der Waals surface area contributed by atoms with E-state index >= 15 is 0 Å². The lowest BCUT2D eigenvalue weighted by Crippen LogP contribution is -2.33. The van der Waals surface area contributed by atoms with Gasteiger partial charge in [0.25, 0.3) is 0 Å². The van der Waals surface area contributed by atoms with E-state index in [-0.39, 0.29) is 5.78 Å². The summed E-state index contributed by atoms with van der Waals surface area (Å²) in [5, 5.41) is 0.678. The number of rotatable bonds is 4. The van der Waals surface area contributed by atoms with Crippen molar-refractivity contribution in [1.82, 2.24) is 0 Å². The first-order valence-electron chi connectivity index (χ1n) is 5.98. The van der Waals surface area contributed by atoms with Crippen molar-refractivity contribution in [2.24, 2.45) is 5.73 Å². The van der Waals surface area contributed by atoms with Crippen molar-refractivity contribution in [2.45, 2.75) is 39.5 Å². The van der Waals surface area contributed by atoms with Crippen LogP contribution < -0.4 is 5.73 Å². The average Bonchev–Trinajstić information content (AvgIpc) is 2.32. The third-order valence-corrected chi connectivity index (χ3v) is 3.15. The molecule has 0 saturated carbocycles. The SMILES string of the molecule is CC.CC(=O)C(C)(CCN)c1ccc(Cl)cc1. The average molecular weight is 256 g/mol. The molecule has 0 aromatic heterocycles. The number of hydrogen-bond acceptors (Lipinski definition) is 2.